The number of hydrogen-bond acceptors (Lipinski definition) is 5. The maximum atomic E-state index is 7.32. The Morgan fingerprint density at radius 1 is 0.552 bits per heavy atom. The number of ether oxygens (including phenoxy) is 5. The first-order valence-electron chi connectivity index (χ1n) is 12.3. The summed E-state index contributed by atoms with van der Waals surface area (Å²) >= 11 is 0. The molecule has 5 heteroatoms. The zero-order chi connectivity index (χ0) is 19.3. The van der Waals surface area contributed by atoms with Gasteiger partial charge in [-0.15, -0.1) is 0 Å². The summed E-state index contributed by atoms with van der Waals surface area (Å²) in [6.07, 6.45) is 16.7. The average molecular weight is 407 g/mol. The van der Waals surface area contributed by atoms with Crippen molar-refractivity contribution >= 4 is 0 Å². The van der Waals surface area contributed by atoms with E-state index < -0.39 is 0 Å². The van der Waals surface area contributed by atoms with E-state index in [0.717, 1.165) is 51.1 Å². The molecule has 29 heavy (non-hydrogen) atoms. The van der Waals surface area contributed by atoms with E-state index in [-0.39, 0.29) is 11.2 Å². The van der Waals surface area contributed by atoms with E-state index >= 15 is 0 Å². The van der Waals surface area contributed by atoms with Gasteiger partial charge in [-0.1, -0.05) is 0 Å². The van der Waals surface area contributed by atoms with Crippen LogP contribution in [-0.2, 0) is 23.7 Å². The highest BCUT2D eigenvalue weighted by atomic mass is 16.6. The number of rotatable bonds is 10. The molecule has 4 heterocycles. The van der Waals surface area contributed by atoms with Gasteiger partial charge in [-0.3, -0.25) is 0 Å². The van der Waals surface area contributed by atoms with Gasteiger partial charge < -0.3 is 23.7 Å². The van der Waals surface area contributed by atoms with Crippen molar-refractivity contribution in [2.24, 2.45) is 11.8 Å². The van der Waals surface area contributed by atoms with Crippen LogP contribution in [0.2, 0.25) is 0 Å². The Morgan fingerprint density at radius 2 is 0.897 bits per heavy atom. The molecule has 0 bridgehead atoms. The monoisotopic (exact) mass is 406 g/mol. The molecule has 0 radical (unpaired) electrons. The molecule has 2 aliphatic carbocycles. The summed E-state index contributed by atoms with van der Waals surface area (Å²) in [5.41, 5.74) is 0.0623. The summed E-state index contributed by atoms with van der Waals surface area (Å²) < 4.78 is 29.7. The summed E-state index contributed by atoms with van der Waals surface area (Å²) in [5, 5.41) is 0. The lowest BCUT2D eigenvalue weighted by Gasteiger charge is -2.50. The predicted octanol–water partition coefficient (Wildman–Crippen LogP) is 4.02. The van der Waals surface area contributed by atoms with Crippen LogP contribution in [-0.4, -0.2) is 62.0 Å². The quantitative estimate of drug-likeness (QED) is 0.513. The Bertz CT molecular complexity index is 512. The van der Waals surface area contributed by atoms with Gasteiger partial charge in [-0.05, 0) is 76.0 Å². The van der Waals surface area contributed by atoms with Crippen LogP contribution in [0, 0.1) is 11.8 Å². The second kappa shape index (κ2) is 7.74. The van der Waals surface area contributed by atoms with Crippen molar-refractivity contribution in [3.05, 3.63) is 0 Å². The molecule has 2 saturated carbocycles. The largest absolute Gasteiger partial charge is 0.373 e. The first-order chi connectivity index (χ1) is 14.2. The van der Waals surface area contributed by atoms with E-state index in [1.54, 1.807) is 0 Å². The van der Waals surface area contributed by atoms with Crippen molar-refractivity contribution in [2.45, 2.75) is 113 Å². The van der Waals surface area contributed by atoms with Gasteiger partial charge in [0.15, 0.2) is 0 Å². The lowest BCUT2D eigenvalue weighted by molar-refractivity contribution is -0.200. The number of epoxide rings is 4. The van der Waals surface area contributed by atoms with Crippen LogP contribution in [0.3, 0.4) is 0 Å². The Hall–Kier alpha value is -0.200. The first kappa shape index (κ1) is 19.5. The van der Waals surface area contributed by atoms with Gasteiger partial charge in [0.05, 0.1) is 62.0 Å². The molecule has 0 amide bonds. The predicted molar refractivity (Wildman–Crippen MR) is 108 cm³/mol. The smallest absolute Gasteiger partial charge is 0.0837 e. The summed E-state index contributed by atoms with van der Waals surface area (Å²) in [5.74, 6) is 1.66. The van der Waals surface area contributed by atoms with Crippen molar-refractivity contribution < 1.29 is 23.7 Å². The Morgan fingerprint density at radius 3 is 1.21 bits per heavy atom. The molecular formula is C24H38O5. The van der Waals surface area contributed by atoms with E-state index in [1.165, 1.54) is 64.2 Å². The molecule has 4 unspecified atom stereocenters. The molecule has 0 N–H and O–H groups in total. The molecule has 4 atom stereocenters. The van der Waals surface area contributed by atoms with Gasteiger partial charge >= 0.3 is 0 Å². The molecule has 0 aromatic carbocycles. The standard InChI is InChI=1S/C24H38O5/c1-5-23(11-21-15-27-21,6-2-17(1)9-19-13-25-19)29-24(12-22-16-28-22)7-3-18(4-8-24)10-20-14-26-20/h17-22H,1-16H2. The maximum Gasteiger partial charge on any atom is 0.0837 e. The lowest BCUT2D eigenvalue weighted by Crippen LogP contribution is -2.50. The third kappa shape index (κ3) is 5.17. The fraction of sp³-hybridized carbons (Fsp3) is 1.00. The van der Waals surface area contributed by atoms with Crippen LogP contribution in [0.5, 0.6) is 0 Å². The molecule has 0 aromatic heterocycles. The van der Waals surface area contributed by atoms with Crippen molar-refractivity contribution in [1.82, 2.24) is 0 Å². The molecule has 5 nitrogen and oxygen atoms in total. The molecule has 0 spiro atoms. The summed E-state index contributed by atoms with van der Waals surface area (Å²) in [6, 6.07) is 0. The van der Waals surface area contributed by atoms with E-state index in [1.807, 2.05) is 0 Å². The van der Waals surface area contributed by atoms with Crippen molar-refractivity contribution in [3.63, 3.8) is 0 Å². The van der Waals surface area contributed by atoms with Crippen molar-refractivity contribution in [1.29, 1.82) is 0 Å². The Balaban J connectivity index is 1.12. The highest BCUT2D eigenvalue weighted by Gasteiger charge is 2.50. The summed E-state index contributed by atoms with van der Waals surface area (Å²) in [4.78, 5) is 0. The van der Waals surface area contributed by atoms with E-state index in [4.69, 9.17) is 23.7 Å². The van der Waals surface area contributed by atoms with Gasteiger partial charge in [0.25, 0.3) is 0 Å². The van der Waals surface area contributed by atoms with Crippen LogP contribution in [0.25, 0.3) is 0 Å². The molecule has 164 valence electrons. The van der Waals surface area contributed by atoms with Crippen LogP contribution in [0.1, 0.15) is 77.0 Å². The van der Waals surface area contributed by atoms with E-state index in [2.05, 4.69) is 0 Å². The molecule has 4 saturated heterocycles. The van der Waals surface area contributed by atoms with Gasteiger partial charge in [-0.2, -0.15) is 0 Å². The first-order valence-corrected chi connectivity index (χ1v) is 12.3. The average Bonchev–Trinajstić information content (AvgIpc) is 3.52. The van der Waals surface area contributed by atoms with Gasteiger partial charge in [0, 0.05) is 12.8 Å². The van der Waals surface area contributed by atoms with Crippen LogP contribution in [0.4, 0.5) is 0 Å². The fourth-order valence-corrected chi connectivity index (χ4v) is 6.39. The summed E-state index contributed by atoms with van der Waals surface area (Å²) in [7, 11) is 0. The summed E-state index contributed by atoms with van der Waals surface area (Å²) in [6.45, 7) is 3.86. The van der Waals surface area contributed by atoms with E-state index in [0.29, 0.717) is 24.4 Å². The number of hydrogen-bond donors (Lipinski definition) is 0. The highest BCUT2D eigenvalue weighted by molar-refractivity contribution is 5.00. The topological polar surface area (TPSA) is 59.4 Å². The molecular weight excluding hydrogens is 368 g/mol. The second-order valence-electron chi connectivity index (χ2n) is 11.1. The zero-order valence-corrected chi connectivity index (χ0v) is 17.8. The third-order valence-corrected chi connectivity index (χ3v) is 8.47. The minimum Gasteiger partial charge on any atom is -0.373 e. The zero-order valence-electron chi connectivity index (χ0n) is 17.8. The highest BCUT2D eigenvalue weighted by Crippen LogP contribution is 2.50. The molecule has 6 fully saturated rings. The lowest BCUT2D eigenvalue weighted by atomic mass is 9.71. The minimum absolute atomic E-state index is 0.0312. The van der Waals surface area contributed by atoms with Gasteiger partial charge in [0.1, 0.15) is 0 Å². The second-order valence-corrected chi connectivity index (χ2v) is 11.1. The van der Waals surface area contributed by atoms with Crippen molar-refractivity contribution in [3.8, 4) is 0 Å². The fourth-order valence-electron chi connectivity index (χ4n) is 6.39. The van der Waals surface area contributed by atoms with E-state index in [9.17, 15) is 0 Å². The SMILES string of the molecule is C1CC(CC2CO2)(OC2(CC3CO3)CCC(CC3CO3)CC2)CCC1CC1CO1. The van der Waals surface area contributed by atoms with Crippen LogP contribution >= 0.6 is 0 Å². The van der Waals surface area contributed by atoms with Crippen LogP contribution < -0.4 is 0 Å². The molecule has 0 aromatic rings. The minimum atomic E-state index is 0.0312. The van der Waals surface area contributed by atoms with Gasteiger partial charge in [-0.25, -0.2) is 0 Å². The third-order valence-electron chi connectivity index (χ3n) is 8.47. The molecule has 6 aliphatic rings. The molecule has 4 aliphatic heterocycles. The normalized spacial score (nSPS) is 50.9. The Kier molecular flexibility index (Phi) is 5.20. The van der Waals surface area contributed by atoms with Crippen LogP contribution in [0.15, 0.2) is 0 Å². The molecule has 6 rings (SSSR count). The van der Waals surface area contributed by atoms with Crippen molar-refractivity contribution in [2.75, 3.05) is 26.4 Å². The van der Waals surface area contributed by atoms with Gasteiger partial charge in [0.2, 0.25) is 0 Å². The Labute approximate surface area is 175 Å². The maximum absolute atomic E-state index is 7.32.